The number of hydrogen-bond donors (Lipinski definition) is 2. The lowest BCUT2D eigenvalue weighted by Crippen LogP contribution is -2.45. The summed E-state index contributed by atoms with van der Waals surface area (Å²) in [7, 11) is 0. The van der Waals surface area contributed by atoms with Gasteiger partial charge in [0, 0.05) is 21.2 Å². The van der Waals surface area contributed by atoms with E-state index >= 15 is 0 Å². The van der Waals surface area contributed by atoms with Gasteiger partial charge in [0.25, 0.3) is 0 Å². The number of rotatable bonds is 5. The van der Waals surface area contributed by atoms with E-state index < -0.39 is 37.0 Å². The van der Waals surface area contributed by atoms with Crippen LogP contribution in [0.3, 0.4) is 0 Å². The first kappa shape index (κ1) is 20.1. The van der Waals surface area contributed by atoms with Gasteiger partial charge in [0.1, 0.15) is 24.4 Å². The summed E-state index contributed by atoms with van der Waals surface area (Å²) in [6.45, 7) is -0.0991. The summed E-state index contributed by atoms with van der Waals surface area (Å²) in [6, 6.07) is 14.1. The third-order valence-corrected chi connectivity index (χ3v) is 5.34. The average molecular weight is 427 g/mol. The van der Waals surface area contributed by atoms with Gasteiger partial charge in [0.15, 0.2) is 12.6 Å². The number of benzene rings is 2. The molecule has 8 heteroatoms. The van der Waals surface area contributed by atoms with Crippen LogP contribution in [0.15, 0.2) is 48.5 Å². The molecule has 2 fully saturated rings. The van der Waals surface area contributed by atoms with Crippen molar-refractivity contribution in [3.63, 3.8) is 0 Å². The van der Waals surface area contributed by atoms with Crippen molar-refractivity contribution < 1.29 is 29.2 Å². The molecule has 0 radical (unpaired) electrons. The van der Waals surface area contributed by atoms with Gasteiger partial charge in [0.05, 0.1) is 13.2 Å². The predicted molar refractivity (Wildman–Crippen MR) is 102 cm³/mol. The summed E-state index contributed by atoms with van der Waals surface area (Å²) in [6.07, 6.45) is -4.40. The molecule has 0 aromatic heterocycles. The van der Waals surface area contributed by atoms with E-state index in [1.807, 2.05) is 12.1 Å². The molecule has 0 spiro atoms. The van der Waals surface area contributed by atoms with Gasteiger partial charge >= 0.3 is 0 Å². The summed E-state index contributed by atoms with van der Waals surface area (Å²) < 4.78 is 23.2. The van der Waals surface area contributed by atoms with Crippen LogP contribution >= 0.6 is 23.2 Å². The zero-order valence-electron chi connectivity index (χ0n) is 14.8. The zero-order chi connectivity index (χ0) is 19.7. The van der Waals surface area contributed by atoms with Crippen LogP contribution < -0.4 is 0 Å². The standard InChI is InChI=1S/C20H20Cl2O6/c21-13-5-1-11(2-6-13)19-25-10-16(27-19)17(24)18-15(9-23)26-20(28-18)12-3-7-14(22)8-4-12/h1-8,15-20,23-24H,9-10H2/t15-,16+,17+,18+,19?,20?/m0/s1. The predicted octanol–water partition coefficient (Wildman–Crippen LogP) is 3.24. The Kier molecular flexibility index (Phi) is 6.20. The van der Waals surface area contributed by atoms with Crippen molar-refractivity contribution in [2.24, 2.45) is 0 Å². The molecule has 2 aromatic rings. The molecule has 6 atom stereocenters. The van der Waals surface area contributed by atoms with Crippen molar-refractivity contribution >= 4 is 23.2 Å². The Bertz CT molecular complexity index is 784. The summed E-state index contributed by atoms with van der Waals surface area (Å²) in [4.78, 5) is 0. The maximum Gasteiger partial charge on any atom is 0.184 e. The van der Waals surface area contributed by atoms with Gasteiger partial charge in [0.2, 0.25) is 0 Å². The Morgan fingerprint density at radius 2 is 1.43 bits per heavy atom. The minimum Gasteiger partial charge on any atom is -0.394 e. The second-order valence-electron chi connectivity index (χ2n) is 6.72. The van der Waals surface area contributed by atoms with Gasteiger partial charge in [-0.05, 0) is 24.3 Å². The lowest BCUT2D eigenvalue weighted by molar-refractivity contribution is -0.125. The summed E-state index contributed by atoms with van der Waals surface area (Å²) in [5.74, 6) is 0. The van der Waals surface area contributed by atoms with E-state index in [-0.39, 0.29) is 13.2 Å². The van der Waals surface area contributed by atoms with E-state index in [1.165, 1.54) is 0 Å². The third-order valence-electron chi connectivity index (χ3n) is 4.84. The number of halogens is 2. The lowest BCUT2D eigenvalue weighted by atomic mass is 10.0. The molecule has 0 saturated carbocycles. The first-order chi connectivity index (χ1) is 13.5. The van der Waals surface area contributed by atoms with Gasteiger partial charge < -0.3 is 29.2 Å². The quantitative estimate of drug-likeness (QED) is 0.763. The summed E-state index contributed by atoms with van der Waals surface area (Å²) in [5.41, 5.74) is 1.56. The molecule has 4 rings (SSSR count). The molecule has 0 amide bonds. The molecular weight excluding hydrogens is 407 g/mol. The highest BCUT2D eigenvalue weighted by Gasteiger charge is 2.46. The fraction of sp³-hybridized carbons (Fsp3) is 0.400. The molecule has 28 heavy (non-hydrogen) atoms. The zero-order valence-corrected chi connectivity index (χ0v) is 16.3. The molecule has 2 N–H and O–H groups in total. The van der Waals surface area contributed by atoms with Crippen LogP contribution in [0, 0.1) is 0 Å². The van der Waals surface area contributed by atoms with Gasteiger partial charge in [-0.15, -0.1) is 0 Å². The van der Waals surface area contributed by atoms with Crippen molar-refractivity contribution in [1.29, 1.82) is 0 Å². The van der Waals surface area contributed by atoms with Crippen molar-refractivity contribution in [3.8, 4) is 0 Å². The van der Waals surface area contributed by atoms with Crippen LogP contribution in [0.25, 0.3) is 0 Å². The van der Waals surface area contributed by atoms with Crippen LogP contribution in [0.5, 0.6) is 0 Å². The molecule has 2 aliphatic rings. The SMILES string of the molecule is OC[C@@H]1OC(c2ccc(Cl)cc2)O[C@H]1[C@H](O)[C@H]1COC(c2ccc(Cl)cc2)O1. The Labute approximate surface area is 172 Å². The molecule has 2 unspecified atom stereocenters. The van der Waals surface area contributed by atoms with Crippen LogP contribution in [0.4, 0.5) is 0 Å². The highest BCUT2D eigenvalue weighted by molar-refractivity contribution is 6.30. The molecular formula is C20H20Cl2O6. The monoisotopic (exact) mass is 426 g/mol. The lowest BCUT2D eigenvalue weighted by Gasteiger charge is -2.24. The topological polar surface area (TPSA) is 77.4 Å². The molecule has 6 nitrogen and oxygen atoms in total. The van der Waals surface area contributed by atoms with E-state index in [0.717, 1.165) is 11.1 Å². The third kappa shape index (κ3) is 4.20. The van der Waals surface area contributed by atoms with Gasteiger partial charge in [-0.3, -0.25) is 0 Å². The van der Waals surface area contributed by atoms with Crippen LogP contribution in [-0.2, 0) is 18.9 Å². The Morgan fingerprint density at radius 3 is 2.00 bits per heavy atom. The minimum absolute atomic E-state index is 0.193. The second-order valence-corrected chi connectivity index (χ2v) is 7.60. The van der Waals surface area contributed by atoms with E-state index in [2.05, 4.69) is 0 Å². The van der Waals surface area contributed by atoms with Crippen LogP contribution in [0.1, 0.15) is 23.7 Å². The normalized spacial score (nSPS) is 31.2. The van der Waals surface area contributed by atoms with E-state index in [4.69, 9.17) is 42.1 Å². The van der Waals surface area contributed by atoms with E-state index in [1.54, 1.807) is 36.4 Å². The molecule has 0 bridgehead atoms. The van der Waals surface area contributed by atoms with Gasteiger partial charge in [-0.1, -0.05) is 47.5 Å². The van der Waals surface area contributed by atoms with Crippen LogP contribution in [-0.4, -0.2) is 47.8 Å². The van der Waals surface area contributed by atoms with Crippen LogP contribution in [0.2, 0.25) is 10.0 Å². The molecule has 2 heterocycles. The van der Waals surface area contributed by atoms with E-state index in [0.29, 0.717) is 10.0 Å². The Balaban J connectivity index is 1.42. The molecule has 150 valence electrons. The van der Waals surface area contributed by atoms with Gasteiger partial charge in [-0.25, -0.2) is 0 Å². The summed E-state index contributed by atoms with van der Waals surface area (Å²) in [5, 5.41) is 21.7. The average Bonchev–Trinajstić information content (AvgIpc) is 3.36. The van der Waals surface area contributed by atoms with Crippen molar-refractivity contribution in [2.75, 3.05) is 13.2 Å². The van der Waals surface area contributed by atoms with E-state index in [9.17, 15) is 10.2 Å². The first-order valence-electron chi connectivity index (χ1n) is 8.93. The largest absolute Gasteiger partial charge is 0.394 e. The molecule has 0 aliphatic carbocycles. The van der Waals surface area contributed by atoms with Crippen molar-refractivity contribution in [3.05, 3.63) is 69.7 Å². The second kappa shape index (κ2) is 8.65. The molecule has 2 aromatic carbocycles. The number of ether oxygens (including phenoxy) is 4. The number of aliphatic hydroxyl groups excluding tert-OH is 2. The van der Waals surface area contributed by atoms with Crippen molar-refractivity contribution in [2.45, 2.75) is 37.0 Å². The molecule has 2 aliphatic heterocycles. The highest BCUT2D eigenvalue weighted by atomic mass is 35.5. The Hall–Kier alpha value is -1.22. The fourth-order valence-electron chi connectivity index (χ4n) is 3.33. The van der Waals surface area contributed by atoms with Gasteiger partial charge in [-0.2, -0.15) is 0 Å². The minimum atomic E-state index is -1.04. The maximum absolute atomic E-state index is 10.8. The smallest absolute Gasteiger partial charge is 0.184 e. The maximum atomic E-state index is 10.8. The number of hydrogen-bond acceptors (Lipinski definition) is 6. The van der Waals surface area contributed by atoms with Crippen molar-refractivity contribution in [1.82, 2.24) is 0 Å². The molecule has 2 saturated heterocycles. The highest BCUT2D eigenvalue weighted by Crippen LogP contribution is 2.37. The summed E-state index contributed by atoms with van der Waals surface area (Å²) >= 11 is 11.8. The fourth-order valence-corrected chi connectivity index (χ4v) is 3.58. The number of aliphatic hydroxyl groups is 2. The Morgan fingerprint density at radius 1 is 0.857 bits per heavy atom. The first-order valence-corrected chi connectivity index (χ1v) is 9.68.